The number of halogens is 1. The molecule has 0 saturated heterocycles. The molecule has 19 heavy (non-hydrogen) atoms. The summed E-state index contributed by atoms with van der Waals surface area (Å²) in [5, 5.41) is 3.22. The molecular formula is C15H17FN2O. The van der Waals surface area contributed by atoms with Crippen LogP contribution in [0.5, 0.6) is 0 Å². The number of rotatable bonds is 5. The van der Waals surface area contributed by atoms with Gasteiger partial charge in [-0.3, -0.25) is 0 Å². The highest BCUT2D eigenvalue weighted by Gasteiger charge is 2.10. The summed E-state index contributed by atoms with van der Waals surface area (Å²) >= 11 is 0. The van der Waals surface area contributed by atoms with Crippen molar-refractivity contribution in [3.8, 4) is 0 Å². The number of aromatic nitrogens is 1. The minimum Gasteiger partial charge on any atom is -0.375 e. The number of pyridine rings is 1. The maximum atomic E-state index is 12.9. The fourth-order valence-corrected chi connectivity index (χ4v) is 1.85. The van der Waals surface area contributed by atoms with Gasteiger partial charge in [-0.1, -0.05) is 18.2 Å². The molecule has 0 amide bonds. The Balaban J connectivity index is 2.01. The van der Waals surface area contributed by atoms with Gasteiger partial charge in [-0.2, -0.15) is 0 Å². The third-order valence-electron chi connectivity index (χ3n) is 2.88. The Bertz CT molecular complexity index is 528. The Labute approximate surface area is 112 Å². The Morgan fingerprint density at radius 3 is 2.58 bits per heavy atom. The van der Waals surface area contributed by atoms with Gasteiger partial charge in [0.2, 0.25) is 0 Å². The molecule has 2 aromatic rings. The van der Waals surface area contributed by atoms with E-state index in [1.807, 2.05) is 25.1 Å². The highest BCUT2D eigenvalue weighted by molar-refractivity contribution is 5.35. The van der Waals surface area contributed by atoms with E-state index in [-0.39, 0.29) is 11.9 Å². The standard InChI is InChI=1S/C15H17FN2O/c1-11-4-3-5-15(18-11)17-10-14(19-2)12-6-8-13(16)9-7-12/h3-9,14H,10H2,1-2H3,(H,17,18). The molecule has 0 aliphatic heterocycles. The van der Waals surface area contributed by atoms with Crippen molar-refractivity contribution in [2.24, 2.45) is 0 Å². The largest absolute Gasteiger partial charge is 0.375 e. The molecule has 0 radical (unpaired) electrons. The summed E-state index contributed by atoms with van der Waals surface area (Å²) in [5.74, 6) is 0.566. The molecule has 0 saturated carbocycles. The topological polar surface area (TPSA) is 34.1 Å². The summed E-state index contributed by atoms with van der Waals surface area (Å²) in [6, 6.07) is 12.1. The molecule has 0 aliphatic rings. The van der Waals surface area contributed by atoms with Crippen LogP contribution in [0.15, 0.2) is 42.5 Å². The molecule has 0 aliphatic carbocycles. The molecular weight excluding hydrogens is 243 g/mol. The lowest BCUT2D eigenvalue weighted by Gasteiger charge is -2.17. The number of methoxy groups -OCH3 is 1. The van der Waals surface area contributed by atoms with Gasteiger partial charge in [0.1, 0.15) is 11.6 Å². The molecule has 1 heterocycles. The van der Waals surface area contributed by atoms with Crippen molar-refractivity contribution < 1.29 is 9.13 Å². The van der Waals surface area contributed by atoms with E-state index in [2.05, 4.69) is 10.3 Å². The Kier molecular flexibility index (Phi) is 4.47. The number of aryl methyl sites for hydroxylation is 1. The second-order valence-corrected chi connectivity index (χ2v) is 4.32. The number of hydrogen-bond donors (Lipinski definition) is 1. The zero-order valence-electron chi connectivity index (χ0n) is 11.1. The highest BCUT2D eigenvalue weighted by Crippen LogP contribution is 2.17. The van der Waals surface area contributed by atoms with Crippen LogP contribution >= 0.6 is 0 Å². The van der Waals surface area contributed by atoms with Crippen LogP contribution in [0.4, 0.5) is 10.2 Å². The summed E-state index contributed by atoms with van der Waals surface area (Å²) in [5.41, 5.74) is 1.89. The van der Waals surface area contributed by atoms with Crippen LogP contribution in [0.2, 0.25) is 0 Å². The van der Waals surface area contributed by atoms with Gasteiger partial charge in [-0.25, -0.2) is 9.37 Å². The van der Waals surface area contributed by atoms with Gasteiger partial charge in [0, 0.05) is 19.3 Å². The van der Waals surface area contributed by atoms with Gasteiger partial charge in [-0.15, -0.1) is 0 Å². The SMILES string of the molecule is COC(CNc1cccc(C)n1)c1ccc(F)cc1. The van der Waals surface area contributed by atoms with Crippen LogP contribution in [0, 0.1) is 12.7 Å². The van der Waals surface area contributed by atoms with Crippen LogP contribution in [0.3, 0.4) is 0 Å². The summed E-state index contributed by atoms with van der Waals surface area (Å²) in [6.07, 6.45) is -0.136. The maximum absolute atomic E-state index is 12.9. The van der Waals surface area contributed by atoms with E-state index in [1.54, 1.807) is 19.2 Å². The number of benzene rings is 1. The Hall–Kier alpha value is -1.94. The van der Waals surface area contributed by atoms with E-state index in [0.29, 0.717) is 6.54 Å². The molecule has 1 aromatic carbocycles. The molecule has 1 atom stereocenters. The molecule has 1 unspecified atom stereocenters. The molecule has 0 spiro atoms. The smallest absolute Gasteiger partial charge is 0.126 e. The molecule has 0 fully saturated rings. The van der Waals surface area contributed by atoms with Crippen molar-refractivity contribution in [3.05, 3.63) is 59.5 Å². The fourth-order valence-electron chi connectivity index (χ4n) is 1.85. The third kappa shape index (κ3) is 3.76. The van der Waals surface area contributed by atoms with Gasteiger partial charge < -0.3 is 10.1 Å². The summed E-state index contributed by atoms with van der Waals surface area (Å²) in [6.45, 7) is 2.53. The third-order valence-corrected chi connectivity index (χ3v) is 2.88. The van der Waals surface area contributed by atoms with Gasteiger partial charge in [-0.05, 0) is 36.8 Å². The second kappa shape index (κ2) is 6.29. The average molecular weight is 260 g/mol. The van der Waals surface area contributed by atoms with Crippen molar-refractivity contribution in [1.29, 1.82) is 0 Å². The Morgan fingerprint density at radius 2 is 1.95 bits per heavy atom. The van der Waals surface area contributed by atoms with E-state index >= 15 is 0 Å². The first-order valence-corrected chi connectivity index (χ1v) is 6.15. The van der Waals surface area contributed by atoms with E-state index in [9.17, 15) is 4.39 Å². The first-order chi connectivity index (χ1) is 9.19. The van der Waals surface area contributed by atoms with Gasteiger partial charge in [0.15, 0.2) is 0 Å². The lowest BCUT2D eigenvalue weighted by Crippen LogP contribution is -2.15. The summed E-state index contributed by atoms with van der Waals surface area (Å²) in [7, 11) is 1.64. The average Bonchev–Trinajstić information content (AvgIpc) is 2.41. The van der Waals surface area contributed by atoms with Crippen LogP contribution in [0.1, 0.15) is 17.4 Å². The zero-order valence-corrected chi connectivity index (χ0v) is 11.1. The van der Waals surface area contributed by atoms with Crippen LogP contribution in [-0.4, -0.2) is 18.6 Å². The lowest BCUT2D eigenvalue weighted by molar-refractivity contribution is 0.114. The van der Waals surface area contributed by atoms with Crippen LogP contribution in [-0.2, 0) is 4.74 Å². The summed E-state index contributed by atoms with van der Waals surface area (Å²) in [4.78, 5) is 4.36. The zero-order chi connectivity index (χ0) is 13.7. The fraction of sp³-hybridized carbons (Fsp3) is 0.267. The minimum atomic E-state index is -0.244. The van der Waals surface area contributed by atoms with Gasteiger partial charge in [0.25, 0.3) is 0 Å². The molecule has 100 valence electrons. The highest BCUT2D eigenvalue weighted by atomic mass is 19.1. The van der Waals surface area contributed by atoms with Gasteiger partial charge >= 0.3 is 0 Å². The lowest BCUT2D eigenvalue weighted by atomic mass is 10.1. The van der Waals surface area contributed by atoms with E-state index in [1.165, 1.54) is 12.1 Å². The van der Waals surface area contributed by atoms with Gasteiger partial charge in [0.05, 0.1) is 6.10 Å². The maximum Gasteiger partial charge on any atom is 0.126 e. The van der Waals surface area contributed by atoms with E-state index in [0.717, 1.165) is 17.1 Å². The molecule has 0 bridgehead atoms. The molecule has 2 rings (SSSR count). The first kappa shape index (κ1) is 13.5. The number of hydrogen-bond acceptors (Lipinski definition) is 3. The van der Waals surface area contributed by atoms with Crippen molar-refractivity contribution in [3.63, 3.8) is 0 Å². The predicted octanol–water partition coefficient (Wildman–Crippen LogP) is 3.33. The summed E-state index contributed by atoms with van der Waals surface area (Å²) < 4.78 is 18.3. The Morgan fingerprint density at radius 1 is 1.21 bits per heavy atom. The van der Waals surface area contributed by atoms with Crippen molar-refractivity contribution in [1.82, 2.24) is 4.98 Å². The second-order valence-electron chi connectivity index (χ2n) is 4.32. The number of nitrogens with one attached hydrogen (secondary N) is 1. The number of ether oxygens (including phenoxy) is 1. The molecule has 1 aromatic heterocycles. The predicted molar refractivity (Wildman–Crippen MR) is 73.6 cm³/mol. The molecule has 3 nitrogen and oxygen atoms in total. The molecule has 4 heteroatoms. The van der Waals surface area contributed by atoms with E-state index < -0.39 is 0 Å². The molecule has 1 N–H and O–H groups in total. The van der Waals surface area contributed by atoms with Crippen molar-refractivity contribution in [2.45, 2.75) is 13.0 Å². The minimum absolute atomic E-state index is 0.136. The van der Waals surface area contributed by atoms with Crippen molar-refractivity contribution in [2.75, 3.05) is 19.0 Å². The first-order valence-electron chi connectivity index (χ1n) is 6.15. The quantitative estimate of drug-likeness (QED) is 0.895. The van der Waals surface area contributed by atoms with Crippen LogP contribution < -0.4 is 5.32 Å². The van der Waals surface area contributed by atoms with Crippen LogP contribution in [0.25, 0.3) is 0 Å². The van der Waals surface area contributed by atoms with E-state index in [4.69, 9.17) is 4.74 Å². The van der Waals surface area contributed by atoms with Crippen molar-refractivity contribution >= 4 is 5.82 Å². The monoisotopic (exact) mass is 260 g/mol. The number of anilines is 1. The normalized spacial score (nSPS) is 12.2. The number of nitrogens with zero attached hydrogens (tertiary/aromatic N) is 1.